The summed E-state index contributed by atoms with van der Waals surface area (Å²) in [5.74, 6) is -0.858. The number of amides is 2. The molecular weight excluding hydrogens is 278 g/mol. The summed E-state index contributed by atoms with van der Waals surface area (Å²) in [5, 5.41) is 0.587. The molecule has 1 aromatic carbocycles. The lowest BCUT2D eigenvalue weighted by atomic mass is 10.1. The summed E-state index contributed by atoms with van der Waals surface area (Å²) >= 11 is 1.50. The first-order valence-corrected chi connectivity index (χ1v) is 7.42. The number of hydroxylamine groups is 2. The highest BCUT2D eigenvalue weighted by Crippen LogP contribution is 2.49. The zero-order valence-electron chi connectivity index (χ0n) is 10.9. The quantitative estimate of drug-likeness (QED) is 0.794. The molecule has 0 N–H and O–H groups in total. The molecule has 20 heavy (non-hydrogen) atoms. The fourth-order valence-corrected chi connectivity index (χ4v) is 3.31. The van der Waals surface area contributed by atoms with Crippen molar-refractivity contribution in [2.24, 2.45) is 0 Å². The van der Waals surface area contributed by atoms with Gasteiger partial charge in [-0.05, 0) is 30.7 Å². The SMILES string of the molecule is CCSC1(C(=O)ON2C(=O)c3ccccc3C2=O)CC1. The first-order valence-electron chi connectivity index (χ1n) is 6.43. The van der Waals surface area contributed by atoms with E-state index in [0.717, 1.165) is 18.6 Å². The van der Waals surface area contributed by atoms with Crippen molar-refractivity contribution in [2.75, 3.05) is 5.75 Å². The highest BCUT2D eigenvalue weighted by molar-refractivity contribution is 8.01. The number of thioether (sulfide) groups is 1. The van der Waals surface area contributed by atoms with Crippen LogP contribution in [-0.4, -0.2) is 33.3 Å². The first-order chi connectivity index (χ1) is 9.59. The summed E-state index contributed by atoms with van der Waals surface area (Å²) in [5.41, 5.74) is 0.552. The van der Waals surface area contributed by atoms with Crippen molar-refractivity contribution in [1.29, 1.82) is 0 Å². The third-order valence-corrected chi connectivity index (χ3v) is 4.84. The van der Waals surface area contributed by atoms with Crippen LogP contribution in [0.3, 0.4) is 0 Å². The molecule has 1 heterocycles. The molecule has 1 aliphatic carbocycles. The predicted molar refractivity (Wildman–Crippen MR) is 73.1 cm³/mol. The Morgan fingerprint density at radius 1 is 1.25 bits per heavy atom. The van der Waals surface area contributed by atoms with Crippen molar-refractivity contribution >= 4 is 29.5 Å². The number of benzene rings is 1. The molecule has 1 fully saturated rings. The van der Waals surface area contributed by atoms with Gasteiger partial charge in [-0.15, -0.1) is 11.8 Å². The summed E-state index contributed by atoms with van der Waals surface area (Å²) in [7, 11) is 0. The van der Waals surface area contributed by atoms with Gasteiger partial charge in [-0.1, -0.05) is 24.1 Å². The molecule has 1 saturated carbocycles. The Morgan fingerprint density at radius 2 is 1.80 bits per heavy atom. The van der Waals surface area contributed by atoms with E-state index < -0.39 is 22.5 Å². The first kappa shape index (κ1) is 13.2. The minimum Gasteiger partial charge on any atom is -0.328 e. The van der Waals surface area contributed by atoms with Crippen molar-refractivity contribution in [3.05, 3.63) is 35.4 Å². The van der Waals surface area contributed by atoms with Gasteiger partial charge in [0.05, 0.1) is 11.1 Å². The van der Waals surface area contributed by atoms with E-state index in [0.29, 0.717) is 5.06 Å². The maximum atomic E-state index is 12.1. The van der Waals surface area contributed by atoms with Crippen LogP contribution in [0.15, 0.2) is 24.3 Å². The second-order valence-electron chi connectivity index (χ2n) is 4.76. The highest BCUT2D eigenvalue weighted by atomic mass is 32.2. The molecule has 3 rings (SSSR count). The molecule has 0 saturated heterocycles. The van der Waals surface area contributed by atoms with Gasteiger partial charge >= 0.3 is 5.97 Å². The Bertz CT molecular complexity index is 574. The van der Waals surface area contributed by atoms with E-state index in [-0.39, 0.29) is 11.1 Å². The minimum atomic E-state index is -0.573. The van der Waals surface area contributed by atoms with Crippen LogP contribution in [0.2, 0.25) is 0 Å². The van der Waals surface area contributed by atoms with Gasteiger partial charge in [0.15, 0.2) is 0 Å². The normalized spacial score (nSPS) is 18.9. The molecule has 0 atom stereocenters. The van der Waals surface area contributed by atoms with E-state index in [9.17, 15) is 14.4 Å². The number of imide groups is 1. The molecule has 2 aliphatic rings. The largest absolute Gasteiger partial charge is 0.349 e. The monoisotopic (exact) mass is 291 g/mol. The number of hydrogen-bond acceptors (Lipinski definition) is 5. The number of fused-ring (bicyclic) bond motifs is 1. The number of rotatable bonds is 4. The van der Waals surface area contributed by atoms with E-state index in [1.165, 1.54) is 11.8 Å². The van der Waals surface area contributed by atoms with Crippen LogP contribution in [-0.2, 0) is 9.63 Å². The summed E-state index contributed by atoms with van der Waals surface area (Å²) < 4.78 is -0.565. The Hall–Kier alpha value is -1.82. The maximum Gasteiger partial charge on any atom is 0.349 e. The van der Waals surface area contributed by atoms with Crippen molar-refractivity contribution in [3.8, 4) is 0 Å². The lowest BCUT2D eigenvalue weighted by molar-refractivity contribution is -0.168. The van der Waals surface area contributed by atoms with Crippen LogP contribution in [0.1, 0.15) is 40.5 Å². The Kier molecular flexibility index (Phi) is 3.05. The van der Waals surface area contributed by atoms with Crippen LogP contribution in [0.5, 0.6) is 0 Å². The Balaban J connectivity index is 1.79. The second-order valence-corrected chi connectivity index (χ2v) is 6.40. The molecule has 2 amide bonds. The number of carbonyl (C=O) groups is 3. The van der Waals surface area contributed by atoms with Crippen molar-refractivity contribution in [2.45, 2.75) is 24.5 Å². The van der Waals surface area contributed by atoms with Crippen molar-refractivity contribution in [3.63, 3.8) is 0 Å². The molecule has 0 radical (unpaired) electrons. The summed E-state index contributed by atoms with van der Waals surface area (Å²) in [6, 6.07) is 6.45. The van der Waals surface area contributed by atoms with Gasteiger partial charge in [0.25, 0.3) is 11.8 Å². The van der Waals surface area contributed by atoms with Crippen LogP contribution < -0.4 is 0 Å². The lowest BCUT2D eigenvalue weighted by Crippen LogP contribution is -2.36. The fourth-order valence-electron chi connectivity index (χ4n) is 2.21. The molecule has 5 nitrogen and oxygen atoms in total. The predicted octanol–water partition coefficient (Wildman–Crippen LogP) is 2.03. The van der Waals surface area contributed by atoms with Gasteiger partial charge in [-0.3, -0.25) is 9.59 Å². The molecule has 1 aromatic rings. The third kappa shape index (κ3) is 1.91. The van der Waals surface area contributed by atoms with Gasteiger partial charge in [0.2, 0.25) is 0 Å². The topological polar surface area (TPSA) is 63.7 Å². The maximum absolute atomic E-state index is 12.1. The molecular formula is C14H13NO4S. The zero-order chi connectivity index (χ0) is 14.3. The Morgan fingerprint density at radius 3 is 2.25 bits per heavy atom. The number of carbonyl (C=O) groups excluding carboxylic acids is 3. The fraction of sp³-hybridized carbons (Fsp3) is 0.357. The molecule has 1 aliphatic heterocycles. The van der Waals surface area contributed by atoms with Crippen LogP contribution in [0.25, 0.3) is 0 Å². The van der Waals surface area contributed by atoms with Crippen LogP contribution in [0, 0.1) is 0 Å². The van der Waals surface area contributed by atoms with Gasteiger partial charge in [0.1, 0.15) is 4.75 Å². The highest BCUT2D eigenvalue weighted by Gasteiger charge is 2.54. The summed E-state index contributed by atoms with van der Waals surface area (Å²) in [6.45, 7) is 1.96. The number of hydrogen-bond donors (Lipinski definition) is 0. The van der Waals surface area contributed by atoms with E-state index >= 15 is 0 Å². The van der Waals surface area contributed by atoms with Crippen molar-refractivity contribution < 1.29 is 19.2 Å². The van der Waals surface area contributed by atoms with Gasteiger partial charge in [0, 0.05) is 0 Å². The van der Waals surface area contributed by atoms with E-state index in [1.807, 2.05) is 6.92 Å². The van der Waals surface area contributed by atoms with E-state index in [2.05, 4.69) is 0 Å². The zero-order valence-corrected chi connectivity index (χ0v) is 11.7. The lowest BCUT2D eigenvalue weighted by Gasteiger charge is -2.17. The van der Waals surface area contributed by atoms with Crippen LogP contribution >= 0.6 is 11.8 Å². The van der Waals surface area contributed by atoms with Crippen molar-refractivity contribution in [1.82, 2.24) is 5.06 Å². The second kappa shape index (κ2) is 4.63. The van der Waals surface area contributed by atoms with Gasteiger partial charge in [-0.2, -0.15) is 0 Å². The molecule has 104 valence electrons. The molecule has 0 aromatic heterocycles. The Labute approximate surface area is 120 Å². The molecule has 0 unspecified atom stereocenters. The van der Waals surface area contributed by atoms with E-state index in [4.69, 9.17) is 4.84 Å². The minimum absolute atomic E-state index is 0.276. The van der Waals surface area contributed by atoms with Crippen LogP contribution in [0.4, 0.5) is 0 Å². The summed E-state index contributed by atoms with van der Waals surface area (Å²) in [4.78, 5) is 41.3. The summed E-state index contributed by atoms with van der Waals surface area (Å²) in [6.07, 6.45) is 1.46. The molecule has 0 bridgehead atoms. The standard InChI is InChI=1S/C14H13NO4S/c1-2-20-14(7-8-14)13(18)19-15-11(16)9-5-3-4-6-10(9)12(15)17/h3-6H,2,7-8H2,1H3. The van der Waals surface area contributed by atoms with Gasteiger partial charge in [-0.25, -0.2) is 4.79 Å². The van der Waals surface area contributed by atoms with E-state index in [1.54, 1.807) is 24.3 Å². The molecule has 6 heteroatoms. The third-order valence-electron chi connectivity index (χ3n) is 3.43. The number of nitrogens with zero attached hydrogens (tertiary/aromatic N) is 1. The smallest absolute Gasteiger partial charge is 0.328 e. The average Bonchev–Trinajstić information content (AvgIpc) is 3.20. The average molecular weight is 291 g/mol. The van der Waals surface area contributed by atoms with Gasteiger partial charge < -0.3 is 4.84 Å². The molecule has 0 spiro atoms.